The molecule has 1 rings (SSSR count). The highest BCUT2D eigenvalue weighted by molar-refractivity contribution is 14.1. The van der Waals surface area contributed by atoms with Crippen LogP contribution in [0.1, 0.15) is 12.5 Å². The minimum absolute atomic E-state index is 0.0674. The Morgan fingerprint density at radius 1 is 1.12 bits per heavy atom. The number of hydrogen-bond acceptors (Lipinski definition) is 4. The van der Waals surface area contributed by atoms with Crippen molar-refractivity contribution in [1.82, 2.24) is 0 Å². The summed E-state index contributed by atoms with van der Waals surface area (Å²) in [4.78, 5) is 0. The topological polar surface area (TPSA) is 53.7 Å². The summed E-state index contributed by atoms with van der Waals surface area (Å²) in [6.45, 7) is 1.96. The molecule has 1 aromatic carbocycles. The highest BCUT2D eigenvalue weighted by Crippen LogP contribution is 2.43. The molecule has 0 bridgehead atoms. The molecule has 0 heterocycles. The van der Waals surface area contributed by atoms with Crippen molar-refractivity contribution in [3.63, 3.8) is 0 Å². The van der Waals surface area contributed by atoms with Crippen LogP contribution in [0.15, 0.2) is 6.07 Å². The maximum absolute atomic E-state index is 5.83. The van der Waals surface area contributed by atoms with Crippen molar-refractivity contribution in [2.45, 2.75) is 19.4 Å². The smallest absolute Gasteiger partial charge is 0.204 e. The van der Waals surface area contributed by atoms with Crippen molar-refractivity contribution in [3.05, 3.63) is 15.2 Å². The van der Waals surface area contributed by atoms with Crippen molar-refractivity contribution < 1.29 is 14.2 Å². The molecule has 17 heavy (non-hydrogen) atoms. The molecule has 1 aromatic rings. The summed E-state index contributed by atoms with van der Waals surface area (Å²) in [6, 6.07) is 2.09. The molecule has 4 nitrogen and oxygen atoms in total. The number of nitrogens with two attached hydrogens (primary N) is 1. The van der Waals surface area contributed by atoms with Gasteiger partial charge in [-0.2, -0.15) is 0 Å². The molecule has 0 radical (unpaired) electrons. The fraction of sp³-hybridized carbons (Fsp3) is 0.500. The molecular formula is C12H18INO3. The second-order valence-corrected chi connectivity index (χ2v) is 4.96. The van der Waals surface area contributed by atoms with Crippen molar-refractivity contribution in [3.8, 4) is 17.2 Å². The summed E-state index contributed by atoms with van der Waals surface area (Å²) in [5.41, 5.74) is 6.86. The van der Waals surface area contributed by atoms with E-state index in [4.69, 9.17) is 19.9 Å². The van der Waals surface area contributed by atoms with Gasteiger partial charge in [0.2, 0.25) is 5.75 Å². The molecule has 0 aliphatic heterocycles. The Balaban J connectivity index is 3.36. The second kappa shape index (κ2) is 6.30. The highest BCUT2D eigenvalue weighted by Gasteiger charge is 2.19. The van der Waals surface area contributed by atoms with Crippen LogP contribution >= 0.6 is 22.6 Å². The summed E-state index contributed by atoms with van der Waals surface area (Å²) >= 11 is 2.21. The maximum Gasteiger partial charge on any atom is 0.204 e. The molecular weight excluding hydrogens is 333 g/mol. The Hall–Kier alpha value is -0.690. The van der Waals surface area contributed by atoms with E-state index < -0.39 is 0 Å². The predicted molar refractivity (Wildman–Crippen MR) is 76.2 cm³/mol. The van der Waals surface area contributed by atoms with E-state index in [1.165, 1.54) is 0 Å². The molecule has 0 saturated carbocycles. The van der Waals surface area contributed by atoms with E-state index >= 15 is 0 Å². The normalized spacial score (nSPS) is 12.1. The van der Waals surface area contributed by atoms with Gasteiger partial charge >= 0.3 is 0 Å². The second-order valence-electron chi connectivity index (χ2n) is 3.80. The lowest BCUT2D eigenvalue weighted by molar-refractivity contribution is 0.320. The molecule has 0 aliphatic rings. The first-order valence-corrected chi connectivity index (χ1v) is 6.35. The van der Waals surface area contributed by atoms with Crippen LogP contribution in [0.4, 0.5) is 0 Å². The first-order chi connectivity index (χ1) is 8.04. The molecule has 0 unspecified atom stereocenters. The lowest BCUT2D eigenvalue weighted by atomic mass is 10.1. The van der Waals surface area contributed by atoms with Gasteiger partial charge in [-0.1, -0.05) is 0 Å². The molecule has 0 aliphatic carbocycles. The first-order valence-electron chi connectivity index (χ1n) is 5.28. The third-order valence-electron chi connectivity index (χ3n) is 2.38. The van der Waals surface area contributed by atoms with Gasteiger partial charge in [0.1, 0.15) is 0 Å². The molecule has 2 N–H and O–H groups in total. The lowest BCUT2D eigenvalue weighted by Gasteiger charge is -2.18. The van der Waals surface area contributed by atoms with E-state index in [2.05, 4.69) is 22.6 Å². The van der Waals surface area contributed by atoms with Crippen LogP contribution in [0, 0.1) is 3.57 Å². The largest absolute Gasteiger partial charge is 0.492 e. The Bertz CT molecular complexity index is 394. The van der Waals surface area contributed by atoms with Crippen molar-refractivity contribution >= 4 is 22.6 Å². The van der Waals surface area contributed by atoms with Gasteiger partial charge in [-0.15, -0.1) is 0 Å². The van der Waals surface area contributed by atoms with Gasteiger partial charge < -0.3 is 19.9 Å². The molecule has 0 spiro atoms. The first kappa shape index (κ1) is 14.4. The molecule has 1 atom stereocenters. The average Bonchev–Trinajstić information content (AvgIpc) is 2.27. The Morgan fingerprint density at radius 2 is 1.65 bits per heavy atom. The minimum atomic E-state index is 0.0674. The summed E-state index contributed by atoms with van der Waals surface area (Å²) in [5.74, 6) is 2.01. The van der Waals surface area contributed by atoms with Crippen LogP contribution in [-0.2, 0) is 6.42 Å². The van der Waals surface area contributed by atoms with E-state index in [1.54, 1.807) is 21.3 Å². The summed E-state index contributed by atoms with van der Waals surface area (Å²) in [5, 5.41) is 0. The lowest BCUT2D eigenvalue weighted by Crippen LogP contribution is -2.18. The number of hydrogen-bond donors (Lipinski definition) is 1. The van der Waals surface area contributed by atoms with Gasteiger partial charge in [0.15, 0.2) is 11.5 Å². The number of benzene rings is 1. The number of methoxy groups -OCH3 is 3. The van der Waals surface area contributed by atoms with Gasteiger partial charge in [0.05, 0.1) is 24.9 Å². The summed E-state index contributed by atoms with van der Waals surface area (Å²) in [6.07, 6.45) is 0.736. The van der Waals surface area contributed by atoms with Crippen LogP contribution in [0.2, 0.25) is 0 Å². The summed E-state index contributed by atoms with van der Waals surface area (Å²) < 4.78 is 17.1. The van der Waals surface area contributed by atoms with Gasteiger partial charge in [0, 0.05) is 11.6 Å². The zero-order valence-electron chi connectivity index (χ0n) is 10.5. The zero-order valence-corrected chi connectivity index (χ0v) is 12.7. The summed E-state index contributed by atoms with van der Waals surface area (Å²) in [7, 11) is 4.84. The molecule has 0 fully saturated rings. The van der Waals surface area contributed by atoms with E-state index in [0.717, 1.165) is 15.6 Å². The SMILES string of the molecule is COc1c(I)cc(C[C@@H](C)N)c(OC)c1OC. The third kappa shape index (κ3) is 3.16. The van der Waals surface area contributed by atoms with Crippen LogP contribution in [-0.4, -0.2) is 27.4 Å². The maximum atomic E-state index is 5.83. The quantitative estimate of drug-likeness (QED) is 0.827. The zero-order chi connectivity index (χ0) is 13.0. The van der Waals surface area contributed by atoms with E-state index in [9.17, 15) is 0 Å². The Kier molecular flexibility index (Phi) is 5.32. The minimum Gasteiger partial charge on any atom is -0.492 e. The van der Waals surface area contributed by atoms with Gasteiger partial charge in [0.25, 0.3) is 0 Å². The standard InChI is InChI=1S/C12H18INO3/c1-7(14)5-8-6-9(13)11(16-3)12(17-4)10(8)15-2/h6-7H,5,14H2,1-4H3/t7-/m1/s1. The highest BCUT2D eigenvalue weighted by atomic mass is 127. The van der Waals surface area contributed by atoms with Crippen molar-refractivity contribution in [2.24, 2.45) is 5.73 Å². The molecule has 0 aromatic heterocycles. The van der Waals surface area contributed by atoms with E-state index in [-0.39, 0.29) is 6.04 Å². The molecule has 0 saturated heterocycles. The third-order valence-corrected chi connectivity index (χ3v) is 3.18. The molecule has 0 amide bonds. The van der Waals surface area contributed by atoms with Crippen LogP contribution in [0.3, 0.4) is 0 Å². The van der Waals surface area contributed by atoms with Crippen molar-refractivity contribution in [2.75, 3.05) is 21.3 Å². The van der Waals surface area contributed by atoms with Gasteiger partial charge in [-0.05, 0) is 42.0 Å². The van der Waals surface area contributed by atoms with Gasteiger partial charge in [-0.25, -0.2) is 0 Å². The number of ether oxygens (including phenoxy) is 3. The monoisotopic (exact) mass is 351 g/mol. The fourth-order valence-corrected chi connectivity index (χ4v) is 2.58. The number of halogens is 1. The molecule has 96 valence electrons. The van der Waals surface area contributed by atoms with Crippen LogP contribution in [0.25, 0.3) is 0 Å². The fourth-order valence-electron chi connectivity index (χ4n) is 1.74. The van der Waals surface area contributed by atoms with E-state index in [1.807, 2.05) is 13.0 Å². The Morgan fingerprint density at radius 3 is 2.06 bits per heavy atom. The predicted octanol–water partition coefficient (Wildman–Crippen LogP) is 2.21. The van der Waals surface area contributed by atoms with Crippen LogP contribution in [0.5, 0.6) is 17.2 Å². The average molecular weight is 351 g/mol. The van der Waals surface area contributed by atoms with Gasteiger partial charge in [-0.3, -0.25) is 0 Å². The number of rotatable bonds is 5. The van der Waals surface area contributed by atoms with Crippen molar-refractivity contribution in [1.29, 1.82) is 0 Å². The molecule has 5 heteroatoms. The Labute approximate surface area is 116 Å². The van der Waals surface area contributed by atoms with E-state index in [0.29, 0.717) is 17.2 Å². The van der Waals surface area contributed by atoms with Crippen LogP contribution < -0.4 is 19.9 Å².